The molecule has 26 heavy (non-hydrogen) atoms. The number of benzene rings is 2. The van der Waals surface area contributed by atoms with E-state index in [1.54, 1.807) is 23.9 Å². The maximum Gasteiger partial charge on any atom is 0.320 e. The highest BCUT2D eigenvalue weighted by Crippen LogP contribution is 2.23. The Kier molecular flexibility index (Phi) is 4.92. The Morgan fingerprint density at radius 1 is 1.12 bits per heavy atom. The molecule has 0 saturated carbocycles. The lowest BCUT2D eigenvalue weighted by molar-refractivity contribution is 0.249. The number of aryl methyl sites for hydroxylation is 1. The molecule has 2 aromatic carbocycles. The summed E-state index contributed by atoms with van der Waals surface area (Å²) in [6.07, 6.45) is 3.17. The van der Waals surface area contributed by atoms with Crippen molar-refractivity contribution in [3.8, 4) is 0 Å². The van der Waals surface area contributed by atoms with Gasteiger partial charge in [-0.05, 0) is 18.2 Å². The molecule has 8 heteroatoms. The van der Waals surface area contributed by atoms with Crippen LogP contribution >= 0.6 is 0 Å². The number of anilines is 1. The van der Waals surface area contributed by atoms with E-state index in [4.69, 9.17) is 0 Å². The lowest BCUT2D eigenvalue weighted by Crippen LogP contribution is -2.35. The van der Waals surface area contributed by atoms with Gasteiger partial charge in [0.25, 0.3) is 0 Å². The smallest absolute Gasteiger partial charge is 0.320 e. The predicted molar refractivity (Wildman–Crippen MR) is 90.0 cm³/mol. The molecule has 1 heterocycles. The zero-order valence-electron chi connectivity index (χ0n) is 13.7. The van der Waals surface area contributed by atoms with Gasteiger partial charge in [-0.15, -0.1) is 0 Å². The molecule has 2 N–H and O–H groups in total. The van der Waals surface area contributed by atoms with Gasteiger partial charge >= 0.3 is 6.03 Å². The van der Waals surface area contributed by atoms with E-state index in [0.29, 0.717) is 11.9 Å². The highest BCUT2D eigenvalue weighted by atomic mass is 19.1. The number of imidazole rings is 1. The number of nitrogens with zero attached hydrogens (tertiary/aromatic N) is 2. The third-order valence-electron chi connectivity index (χ3n) is 3.79. The highest BCUT2D eigenvalue weighted by molar-refractivity contribution is 5.89. The minimum absolute atomic E-state index is 0.198. The SMILES string of the molecule is Cn1ccnc1[C@H](NC(=O)Nc1ccc(F)cc1F)c1ccccc1F. The number of carbonyl (C=O) groups excluding carboxylic acids is 1. The number of hydrogen-bond acceptors (Lipinski definition) is 2. The minimum atomic E-state index is -0.917. The molecule has 0 aliphatic rings. The second-order valence-corrected chi connectivity index (χ2v) is 5.57. The van der Waals surface area contributed by atoms with Crippen LogP contribution in [0.1, 0.15) is 17.4 Å². The number of nitrogens with one attached hydrogen (secondary N) is 2. The van der Waals surface area contributed by atoms with Gasteiger partial charge in [-0.1, -0.05) is 18.2 Å². The molecular formula is C18H15F3N4O. The van der Waals surface area contributed by atoms with Crippen LogP contribution in [-0.2, 0) is 7.05 Å². The summed E-state index contributed by atoms with van der Waals surface area (Å²) >= 11 is 0. The Morgan fingerprint density at radius 2 is 1.88 bits per heavy atom. The van der Waals surface area contributed by atoms with Crippen molar-refractivity contribution in [1.82, 2.24) is 14.9 Å². The predicted octanol–water partition coefficient (Wildman–Crippen LogP) is 3.75. The van der Waals surface area contributed by atoms with Crippen LogP contribution in [0.2, 0.25) is 0 Å². The summed E-state index contributed by atoms with van der Waals surface area (Å²) in [4.78, 5) is 16.5. The Hall–Kier alpha value is -3.29. The van der Waals surface area contributed by atoms with E-state index in [1.165, 1.54) is 24.4 Å². The molecule has 134 valence electrons. The van der Waals surface area contributed by atoms with Crippen LogP contribution in [0.4, 0.5) is 23.7 Å². The van der Waals surface area contributed by atoms with Gasteiger partial charge in [-0.25, -0.2) is 22.9 Å². The van der Waals surface area contributed by atoms with E-state index in [9.17, 15) is 18.0 Å². The number of rotatable bonds is 4. The fourth-order valence-corrected chi connectivity index (χ4v) is 2.53. The zero-order chi connectivity index (χ0) is 18.7. The van der Waals surface area contributed by atoms with Gasteiger partial charge in [-0.2, -0.15) is 0 Å². The van der Waals surface area contributed by atoms with E-state index < -0.39 is 29.5 Å². The van der Waals surface area contributed by atoms with Gasteiger partial charge in [0.05, 0.1) is 5.69 Å². The molecule has 2 amide bonds. The summed E-state index contributed by atoms with van der Waals surface area (Å²) < 4.78 is 42.6. The summed E-state index contributed by atoms with van der Waals surface area (Å²) in [7, 11) is 1.70. The lowest BCUT2D eigenvalue weighted by atomic mass is 10.1. The van der Waals surface area contributed by atoms with Crippen LogP contribution in [0, 0.1) is 17.5 Å². The summed E-state index contributed by atoms with van der Waals surface area (Å²) in [6.45, 7) is 0. The molecule has 5 nitrogen and oxygen atoms in total. The van der Waals surface area contributed by atoms with Crippen LogP contribution < -0.4 is 10.6 Å². The van der Waals surface area contributed by atoms with Gasteiger partial charge in [0.15, 0.2) is 0 Å². The quantitative estimate of drug-likeness (QED) is 0.745. The molecule has 3 aromatic rings. The standard InChI is InChI=1S/C18H15F3N4O/c1-25-9-8-22-17(25)16(12-4-2-3-5-13(12)20)24-18(26)23-15-7-6-11(19)10-14(15)21/h2-10,16H,1H3,(H2,23,24,26)/t16-/m1/s1. The molecule has 1 atom stereocenters. The maximum absolute atomic E-state index is 14.2. The van der Waals surface area contributed by atoms with Crippen molar-refractivity contribution in [1.29, 1.82) is 0 Å². The van der Waals surface area contributed by atoms with E-state index in [2.05, 4.69) is 15.6 Å². The largest absolute Gasteiger partial charge is 0.336 e. The van der Waals surface area contributed by atoms with Gasteiger partial charge in [0.2, 0.25) is 0 Å². The number of halogens is 3. The zero-order valence-corrected chi connectivity index (χ0v) is 13.7. The number of urea groups is 1. The molecule has 3 rings (SSSR count). The van der Waals surface area contributed by atoms with Crippen molar-refractivity contribution in [2.45, 2.75) is 6.04 Å². The molecule has 0 fully saturated rings. The fourth-order valence-electron chi connectivity index (χ4n) is 2.53. The normalized spacial score (nSPS) is 11.8. The summed E-state index contributed by atoms with van der Waals surface area (Å²) in [5, 5.41) is 4.86. The molecule has 0 unspecified atom stereocenters. The molecule has 0 spiro atoms. The van der Waals surface area contributed by atoms with Crippen molar-refractivity contribution in [3.63, 3.8) is 0 Å². The second-order valence-electron chi connectivity index (χ2n) is 5.57. The Bertz CT molecular complexity index is 942. The third kappa shape index (κ3) is 3.69. The van der Waals surface area contributed by atoms with Crippen molar-refractivity contribution in [2.24, 2.45) is 7.05 Å². The number of hydrogen-bond donors (Lipinski definition) is 2. The Morgan fingerprint density at radius 3 is 2.54 bits per heavy atom. The van der Waals surface area contributed by atoms with Crippen LogP contribution in [0.15, 0.2) is 54.9 Å². The van der Waals surface area contributed by atoms with E-state index in [-0.39, 0.29) is 11.3 Å². The number of carbonyl (C=O) groups is 1. The monoisotopic (exact) mass is 360 g/mol. The van der Waals surface area contributed by atoms with Crippen molar-refractivity contribution >= 4 is 11.7 Å². The van der Waals surface area contributed by atoms with Gasteiger partial charge in [0, 0.05) is 31.1 Å². The average Bonchev–Trinajstić information content (AvgIpc) is 3.02. The van der Waals surface area contributed by atoms with Crippen LogP contribution in [-0.4, -0.2) is 15.6 Å². The molecular weight excluding hydrogens is 345 g/mol. The van der Waals surface area contributed by atoms with Gasteiger partial charge in [-0.3, -0.25) is 0 Å². The molecule has 0 aliphatic carbocycles. The van der Waals surface area contributed by atoms with Crippen LogP contribution in [0.25, 0.3) is 0 Å². The lowest BCUT2D eigenvalue weighted by Gasteiger charge is -2.20. The summed E-state index contributed by atoms with van der Waals surface area (Å²) in [5.41, 5.74) is 0.00699. The molecule has 0 radical (unpaired) electrons. The van der Waals surface area contributed by atoms with Crippen molar-refractivity contribution < 1.29 is 18.0 Å². The Balaban J connectivity index is 1.87. The van der Waals surface area contributed by atoms with Gasteiger partial charge in [0.1, 0.15) is 29.3 Å². The maximum atomic E-state index is 14.2. The molecule has 0 aliphatic heterocycles. The van der Waals surface area contributed by atoms with Crippen LogP contribution in [0.3, 0.4) is 0 Å². The average molecular weight is 360 g/mol. The van der Waals surface area contributed by atoms with Crippen molar-refractivity contribution in [2.75, 3.05) is 5.32 Å². The second kappa shape index (κ2) is 7.30. The molecule has 1 aromatic heterocycles. The highest BCUT2D eigenvalue weighted by Gasteiger charge is 2.23. The van der Waals surface area contributed by atoms with Crippen LogP contribution in [0.5, 0.6) is 0 Å². The first kappa shape index (κ1) is 17.5. The Labute approximate surface area is 147 Å². The first-order chi connectivity index (χ1) is 12.5. The minimum Gasteiger partial charge on any atom is -0.336 e. The first-order valence-electron chi connectivity index (χ1n) is 7.70. The topological polar surface area (TPSA) is 59.0 Å². The van der Waals surface area contributed by atoms with E-state index >= 15 is 0 Å². The summed E-state index contributed by atoms with van der Waals surface area (Å²) in [6, 6.07) is 7.04. The number of amides is 2. The summed E-state index contributed by atoms with van der Waals surface area (Å²) in [5.74, 6) is -1.80. The van der Waals surface area contributed by atoms with E-state index in [1.807, 2.05) is 0 Å². The fraction of sp³-hybridized carbons (Fsp3) is 0.111. The molecule has 0 saturated heterocycles. The third-order valence-corrected chi connectivity index (χ3v) is 3.79. The first-order valence-corrected chi connectivity index (χ1v) is 7.70. The number of aromatic nitrogens is 2. The van der Waals surface area contributed by atoms with Gasteiger partial charge < -0.3 is 15.2 Å². The molecule has 0 bridgehead atoms. The van der Waals surface area contributed by atoms with Crippen molar-refractivity contribution in [3.05, 3.63) is 83.7 Å². The van der Waals surface area contributed by atoms with E-state index in [0.717, 1.165) is 12.1 Å².